The van der Waals surface area contributed by atoms with Crippen LogP contribution in [0, 0.1) is 0 Å². The minimum Gasteiger partial charge on any atom is -0.327 e. The molecule has 8 nitrogen and oxygen atoms in total. The Morgan fingerprint density at radius 3 is 2.67 bits per heavy atom. The summed E-state index contributed by atoms with van der Waals surface area (Å²) in [6.07, 6.45) is 4.44. The zero-order valence-electron chi connectivity index (χ0n) is 16.7. The first-order valence-electron chi connectivity index (χ1n) is 9.48. The summed E-state index contributed by atoms with van der Waals surface area (Å²) < 4.78 is 1.90. The average molecular weight is 372 g/mol. The number of aromatic nitrogens is 2. The molecule has 3 rings (SSSR count). The van der Waals surface area contributed by atoms with E-state index in [9.17, 15) is 9.59 Å². The van der Waals surface area contributed by atoms with E-state index in [1.807, 2.05) is 18.5 Å². The van der Waals surface area contributed by atoms with Crippen LogP contribution in [-0.2, 0) is 17.3 Å². The second-order valence-corrected chi connectivity index (χ2v) is 7.64. The van der Waals surface area contributed by atoms with Crippen molar-refractivity contribution in [2.24, 2.45) is 17.0 Å². The normalized spacial score (nSPS) is 18.5. The van der Waals surface area contributed by atoms with Crippen molar-refractivity contribution < 1.29 is 9.59 Å². The molecule has 0 radical (unpaired) electrons. The van der Waals surface area contributed by atoms with Crippen LogP contribution in [0.5, 0.6) is 0 Å². The molecule has 1 spiro atoms. The maximum absolute atomic E-state index is 13.1. The third-order valence-electron chi connectivity index (χ3n) is 5.18. The maximum Gasteiger partial charge on any atom is 0.272 e. The van der Waals surface area contributed by atoms with Gasteiger partial charge in [-0.2, -0.15) is 0 Å². The molecule has 0 bridgehead atoms. The molecule has 2 heterocycles. The van der Waals surface area contributed by atoms with Gasteiger partial charge in [0.1, 0.15) is 18.1 Å². The predicted molar refractivity (Wildman–Crippen MR) is 104 cm³/mol. The van der Waals surface area contributed by atoms with Gasteiger partial charge in [-0.15, -0.1) is 0 Å². The van der Waals surface area contributed by atoms with Crippen LogP contribution in [0.25, 0.3) is 0 Å². The number of nitrogens with one attached hydrogen (secondary N) is 1. The van der Waals surface area contributed by atoms with E-state index in [0.717, 1.165) is 30.8 Å². The summed E-state index contributed by atoms with van der Waals surface area (Å²) in [5, 5.41) is 2.68. The number of imidazole rings is 1. The van der Waals surface area contributed by atoms with Gasteiger partial charge in [-0.25, -0.2) is 9.98 Å². The fraction of sp³-hybridized carbons (Fsp3) is 0.632. The number of carbonyl (C=O) groups excluding carboxylic acids is 2. The van der Waals surface area contributed by atoms with Crippen LogP contribution < -0.4 is 5.32 Å². The van der Waals surface area contributed by atoms with E-state index in [-0.39, 0.29) is 35.7 Å². The van der Waals surface area contributed by atoms with Crippen molar-refractivity contribution in [1.82, 2.24) is 19.8 Å². The molecule has 1 aliphatic carbocycles. The number of fused-ring (bicyclic) bond motifs is 2. The van der Waals surface area contributed by atoms with Crippen LogP contribution in [0.4, 0.5) is 0 Å². The molecule has 1 aromatic heterocycles. The smallest absolute Gasteiger partial charge is 0.272 e. The van der Waals surface area contributed by atoms with E-state index < -0.39 is 0 Å². The van der Waals surface area contributed by atoms with Crippen LogP contribution in [0.2, 0.25) is 0 Å². The monoisotopic (exact) mass is 372 g/mol. The standard InChI is InChI=1S/C19H28N6O2/c1-6-9-21-18(20-4)22-13(26)10-25-11-19(7-8-19)15-14(17(25)27)24(5)16(23-15)12(2)3/h9,12H,6-8,10-11H2,1-5H3,(H,20,22,26)/b21-9-. The van der Waals surface area contributed by atoms with Gasteiger partial charge in [-0.1, -0.05) is 20.8 Å². The lowest BCUT2D eigenvalue weighted by Gasteiger charge is -2.32. The molecule has 1 saturated carbocycles. The Morgan fingerprint density at radius 1 is 1.41 bits per heavy atom. The molecule has 1 fully saturated rings. The number of aliphatic imine (C=N–C) groups is 2. The van der Waals surface area contributed by atoms with E-state index in [4.69, 9.17) is 4.98 Å². The van der Waals surface area contributed by atoms with E-state index in [1.165, 1.54) is 0 Å². The third-order valence-corrected chi connectivity index (χ3v) is 5.18. The van der Waals surface area contributed by atoms with Crippen LogP contribution in [0.15, 0.2) is 9.98 Å². The van der Waals surface area contributed by atoms with Gasteiger partial charge in [0.2, 0.25) is 11.9 Å². The van der Waals surface area contributed by atoms with Crippen LogP contribution in [0.3, 0.4) is 0 Å². The summed E-state index contributed by atoms with van der Waals surface area (Å²) in [5.41, 5.74) is 1.46. The average Bonchev–Trinajstić information content (AvgIpc) is 3.30. The Bertz CT molecular complexity index is 816. The quantitative estimate of drug-likeness (QED) is 0.643. The summed E-state index contributed by atoms with van der Waals surface area (Å²) in [5.74, 6) is 0.992. The van der Waals surface area contributed by atoms with Gasteiger partial charge in [0.05, 0.1) is 5.69 Å². The van der Waals surface area contributed by atoms with Crippen molar-refractivity contribution in [3.05, 3.63) is 17.2 Å². The van der Waals surface area contributed by atoms with Gasteiger partial charge in [0.25, 0.3) is 5.91 Å². The van der Waals surface area contributed by atoms with E-state index in [1.54, 1.807) is 18.2 Å². The van der Waals surface area contributed by atoms with Crippen molar-refractivity contribution in [2.75, 3.05) is 20.1 Å². The molecule has 0 unspecified atom stereocenters. The Kier molecular flexibility index (Phi) is 5.17. The highest BCUT2D eigenvalue weighted by molar-refractivity contribution is 6.03. The lowest BCUT2D eigenvalue weighted by molar-refractivity contribution is -0.120. The Labute approximate surface area is 159 Å². The summed E-state index contributed by atoms with van der Waals surface area (Å²) in [6, 6.07) is 0. The van der Waals surface area contributed by atoms with Crippen molar-refractivity contribution in [3.8, 4) is 0 Å². The molecule has 2 amide bonds. The molecule has 27 heavy (non-hydrogen) atoms. The SMILES string of the molecule is CC/C=N\C(=NC)NC(=O)CN1CC2(CC2)c2nc(C(C)C)n(C)c2C1=O. The molecule has 1 aliphatic heterocycles. The number of amides is 2. The van der Waals surface area contributed by atoms with Gasteiger partial charge in [-0.05, 0) is 19.3 Å². The van der Waals surface area contributed by atoms with Crippen LogP contribution >= 0.6 is 0 Å². The lowest BCUT2D eigenvalue weighted by Crippen LogP contribution is -2.49. The minimum atomic E-state index is -0.289. The highest BCUT2D eigenvalue weighted by atomic mass is 16.2. The van der Waals surface area contributed by atoms with Gasteiger partial charge in [0, 0.05) is 38.2 Å². The molecule has 1 aromatic rings. The molecule has 0 atom stereocenters. The fourth-order valence-electron chi connectivity index (χ4n) is 3.64. The second kappa shape index (κ2) is 7.25. The number of rotatable bonds is 4. The summed E-state index contributed by atoms with van der Waals surface area (Å²) >= 11 is 0. The Morgan fingerprint density at radius 2 is 2.11 bits per heavy atom. The van der Waals surface area contributed by atoms with Crippen molar-refractivity contribution in [3.63, 3.8) is 0 Å². The number of guanidine groups is 1. The second-order valence-electron chi connectivity index (χ2n) is 7.64. The topological polar surface area (TPSA) is 91.9 Å². The first kappa shape index (κ1) is 19.3. The molecule has 146 valence electrons. The Hall–Kier alpha value is -2.51. The highest BCUT2D eigenvalue weighted by Gasteiger charge is 2.54. The van der Waals surface area contributed by atoms with Gasteiger partial charge in [0.15, 0.2) is 0 Å². The summed E-state index contributed by atoms with van der Waals surface area (Å²) in [7, 11) is 3.46. The van der Waals surface area contributed by atoms with Crippen molar-refractivity contribution in [1.29, 1.82) is 0 Å². The van der Waals surface area contributed by atoms with Gasteiger partial charge >= 0.3 is 0 Å². The van der Waals surface area contributed by atoms with Crippen molar-refractivity contribution in [2.45, 2.75) is 51.4 Å². The first-order chi connectivity index (χ1) is 12.8. The van der Waals surface area contributed by atoms with Crippen LogP contribution in [-0.4, -0.2) is 58.6 Å². The van der Waals surface area contributed by atoms with Gasteiger partial charge < -0.3 is 9.47 Å². The minimum absolute atomic E-state index is 0.0110. The maximum atomic E-state index is 13.1. The predicted octanol–water partition coefficient (Wildman–Crippen LogP) is 1.61. The molecule has 8 heteroatoms. The van der Waals surface area contributed by atoms with E-state index in [2.05, 4.69) is 29.1 Å². The Balaban J connectivity index is 1.80. The first-order valence-corrected chi connectivity index (χ1v) is 9.48. The van der Waals surface area contributed by atoms with E-state index in [0.29, 0.717) is 12.2 Å². The van der Waals surface area contributed by atoms with Crippen molar-refractivity contribution >= 4 is 24.0 Å². The largest absolute Gasteiger partial charge is 0.327 e. The fourth-order valence-corrected chi connectivity index (χ4v) is 3.64. The number of hydrogen-bond acceptors (Lipinski definition) is 4. The van der Waals surface area contributed by atoms with E-state index >= 15 is 0 Å². The number of nitrogens with zero attached hydrogens (tertiary/aromatic N) is 5. The zero-order valence-corrected chi connectivity index (χ0v) is 16.7. The zero-order chi connectivity index (χ0) is 19.8. The summed E-state index contributed by atoms with van der Waals surface area (Å²) in [6.45, 7) is 6.63. The molecular formula is C19H28N6O2. The highest BCUT2D eigenvalue weighted by Crippen LogP contribution is 2.52. The summed E-state index contributed by atoms with van der Waals surface area (Å²) in [4.78, 5) is 40.0. The molecule has 0 saturated heterocycles. The third kappa shape index (κ3) is 3.52. The molecular weight excluding hydrogens is 344 g/mol. The molecule has 0 aromatic carbocycles. The molecule has 2 aliphatic rings. The molecule has 1 N–H and O–H groups in total. The van der Waals surface area contributed by atoms with Crippen LogP contribution in [0.1, 0.15) is 68.0 Å². The van der Waals surface area contributed by atoms with Gasteiger partial charge in [-0.3, -0.25) is 19.9 Å². The number of carbonyl (C=O) groups is 2. The number of hydrogen-bond donors (Lipinski definition) is 1. The lowest BCUT2D eigenvalue weighted by atomic mass is 9.95.